The molecule has 1 aliphatic rings. The van der Waals surface area contributed by atoms with Crippen LogP contribution in [0.15, 0.2) is 12.1 Å². The van der Waals surface area contributed by atoms with Crippen molar-refractivity contribution in [3.63, 3.8) is 0 Å². The van der Waals surface area contributed by atoms with Gasteiger partial charge < -0.3 is 14.5 Å². The fourth-order valence-electron chi connectivity index (χ4n) is 2.19. The third-order valence-corrected chi connectivity index (χ3v) is 2.89. The Bertz CT molecular complexity index is 538. The molecule has 1 N–H and O–H groups in total. The van der Waals surface area contributed by atoms with Crippen molar-refractivity contribution in [3.05, 3.63) is 18.0 Å². The number of ether oxygens (including phenoxy) is 2. The lowest BCUT2D eigenvalue weighted by Crippen LogP contribution is -2.15. The third kappa shape index (κ3) is 2.15. The van der Waals surface area contributed by atoms with E-state index in [1.807, 2.05) is 12.1 Å². The molecule has 3 rings (SSSR count). The van der Waals surface area contributed by atoms with Crippen LogP contribution in [0.3, 0.4) is 0 Å². The number of benzene rings is 1. The predicted octanol–water partition coefficient (Wildman–Crippen LogP) is 2.92. The first-order chi connectivity index (χ1) is 8.51. The van der Waals surface area contributed by atoms with E-state index < -0.39 is 0 Å². The molecule has 18 heavy (non-hydrogen) atoms. The van der Waals surface area contributed by atoms with Crippen molar-refractivity contribution in [2.75, 3.05) is 13.2 Å². The minimum atomic E-state index is 0.223. The zero-order chi connectivity index (χ0) is 12.8. The van der Waals surface area contributed by atoms with E-state index in [0.717, 1.165) is 34.8 Å². The van der Waals surface area contributed by atoms with Crippen molar-refractivity contribution in [3.8, 4) is 11.5 Å². The molecule has 1 aliphatic heterocycles. The van der Waals surface area contributed by atoms with Gasteiger partial charge in [-0.25, -0.2) is 4.98 Å². The molecule has 0 aliphatic carbocycles. The van der Waals surface area contributed by atoms with E-state index in [2.05, 4.69) is 30.7 Å². The smallest absolute Gasteiger partial charge is 0.163 e. The number of hydrogen-bond acceptors (Lipinski definition) is 3. The lowest BCUT2D eigenvalue weighted by Gasteiger charge is -2.17. The summed E-state index contributed by atoms with van der Waals surface area (Å²) in [6, 6.07) is 3.93. The molecule has 0 fully saturated rings. The lowest BCUT2D eigenvalue weighted by atomic mass is 9.92. The molecule has 1 aromatic heterocycles. The Hall–Kier alpha value is -1.71. The summed E-state index contributed by atoms with van der Waals surface area (Å²) in [6.45, 7) is 7.84. The number of rotatable bonds is 1. The number of aromatic nitrogens is 2. The van der Waals surface area contributed by atoms with Crippen molar-refractivity contribution in [2.45, 2.75) is 27.2 Å². The Balaban J connectivity index is 2.01. The van der Waals surface area contributed by atoms with Crippen molar-refractivity contribution in [1.82, 2.24) is 9.97 Å². The molecule has 1 aromatic carbocycles. The van der Waals surface area contributed by atoms with Gasteiger partial charge in [0.25, 0.3) is 0 Å². The average molecular weight is 246 g/mol. The number of aromatic amines is 1. The fourth-order valence-corrected chi connectivity index (χ4v) is 2.19. The lowest BCUT2D eigenvalue weighted by molar-refractivity contribution is 0.172. The quantitative estimate of drug-likeness (QED) is 0.841. The Kier molecular flexibility index (Phi) is 2.47. The summed E-state index contributed by atoms with van der Waals surface area (Å²) >= 11 is 0. The highest BCUT2D eigenvalue weighted by molar-refractivity contribution is 5.79. The van der Waals surface area contributed by atoms with E-state index in [1.54, 1.807) is 0 Å². The maximum absolute atomic E-state index is 5.57. The predicted molar refractivity (Wildman–Crippen MR) is 70.2 cm³/mol. The van der Waals surface area contributed by atoms with Gasteiger partial charge in [-0.15, -0.1) is 0 Å². The third-order valence-electron chi connectivity index (χ3n) is 2.89. The van der Waals surface area contributed by atoms with Crippen molar-refractivity contribution >= 4 is 11.0 Å². The maximum atomic E-state index is 5.57. The first-order valence-electron chi connectivity index (χ1n) is 6.29. The molecule has 0 radical (unpaired) electrons. The zero-order valence-corrected chi connectivity index (χ0v) is 11.0. The number of nitrogens with one attached hydrogen (secondary N) is 1. The first-order valence-corrected chi connectivity index (χ1v) is 6.29. The molecule has 4 heteroatoms. The van der Waals surface area contributed by atoms with Gasteiger partial charge in [0.15, 0.2) is 11.5 Å². The monoisotopic (exact) mass is 246 g/mol. The molecule has 0 saturated heterocycles. The van der Waals surface area contributed by atoms with Crippen LogP contribution in [0.25, 0.3) is 11.0 Å². The van der Waals surface area contributed by atoms with Crippen LogP contribution in [0.1, 0.15) is 26.6 Å². The summed E-state index contributed by atoms with van der Waals surface area (Å²) in [5, 5.41) is 0. The SMILES string of the molecule is CC(C)(C)Cc1nc2cc3c(cc2[nH]1)OCCO3. The normalized spacial score (nSPS) is 15.1. The Morgan fingerprint density at radius 1 is 1.17 bits per heavy atom. The Labute approximate surface area is 106 Å². The second-order valence-corrected chi connectivity index (χ2v) is 5.93. The van der Waals surface area contributed by atoms with Crippen LogP contribution in [0, 0.1) is 5.41 Å². The van der Waals surface area contributed by atoms with Gasteiger partial charge in [-0.2, -0.15) is 0 Å². The number of fused-ring (bicyclic) bond motifs is 2. The maximum Gasteiger partial charge on any atom is 0.163 e. The molecule has 0 bridgehead atoms. The highest BCUT2D eigenvalue weighted by Gasteiger charge is 2.17. The molecular weight excluding hydrogens is 228 g/mol. The van der Waals surface area contributed by atoms with Gasteiger partial charge in [0.05, 0.1) is 11.0 Å². The molecule has 2 heterocycles. The number of H-pyrrole nitrogens is 1. The van der Waals surface area contributed by atoms with E-state index in [1.165, 1.54) is 0 Å². The summed E-state index contributed by atoms with van der Waals surface area (Å²) in [5.74, 6) is 2.61. The van der Waals surface area contributed by atoms with Gasteiger partial charge in [-0.05, 0) is 5.41 Å². The highest BCUT2D eigenvalue weighted by Crippen LogP contribution is 2.34. The van der Waals surface area contributed by atoms with E-state index in [-0.39, 0.29) is 5.41 Å². The number of nitrogens with zero attached hydrogens (tertiary/aromatic N) is 1. The average Bonchev–Trinajstić information content (AvgIpc) is 2.63. The minimum absolute atomic E-state index is 0.223. The zero-order valence-electron chi connectivity index (χ0n) is 11.0. The standard InChI is InChI=1S/C14H18N2O2/c1-14(2,3)8-13-15-9-6-11-12(7-10(9)16-13)18-5-4-17-11/h6-7H,4-5,8H2,1-3H3,(H,15,16). The molecular formula is C14H18N2O2. The molecule has 0 amide bonds. The molecule has 0 unspecified atom stereocenters. The minimum Gasteiger partial charge on any atom is -0.486 e. The summed E-state index contributed by atoms with van der Waals surface area (Å²) < 4.78 is 11.1. The van der Waals surface area contributed by atoms with Crippen LogP contribution < -0.4 is 9.47 Å². The van der Waals surface area contributed by atoms with Crippen LogP contribution in [-0.2, 0) is 6.42 Å². The van der Waals surface area contributed by atoms with Gasteiger partial charge >= 0.3 is 0 Å². The van der Waals surface area contributed by atoms with Crippen LogP contribution in [0.4, 0.5) is 0 Å². The van der Waals surface area contributed by atoms with Crippen molar-refractivity contribution in [1.29, 1.82) is 0 Å². The van der Waals surface area contributed by atoms with Crippen molar-refractivity contribution in [2.24, 2.45) is 5.41 Å². The molecule has 4 nitrogen and oxygen atoms in total. The fraction of sp³-hybridized carbons (Fsp3) is 0.500. The van der Waals surface area contributed by atoms with Crippen LogP contribution >= 0.6 is 0 Å². The molecule has 0 saturated carbocycles. The van der Waals surface area contributed by atoms with Gasteiger partial charge in [0.1, 0.15) is 19.0 Å². The van der Waals surface area contributed by atoms with Crippen LogP contribution in [0.2, 0.25) is 0 Å². The molecule has 96 valence electrons. The van der Waals surface area contributed by atoms with Crippen molar-refractivity contribution < 1.29 is 9.47 Å². The Morgan fingerprint density at radius 3 is 2.50 bits per heavy atom. The summed E-state index contributed by atoms with van der Waals surface area (Å²) in [7, 11) is 0. The van der Waals surface area contributed by atoms with E-state index >= 15 is 0 Å². The summed E-state index contributed by atoms with van der Waals surface area (Å²) in [4.78, 5) is 7.97. The summed E-state index contributed by atoms with van der Waals surface area (Å²) in [5.41, 5.74) is 2.18. The molecule has 0 atom stereocenters. The molecule has 0 spiro atoms. The second kappa shape index (κ2) is 3.90. The van der Waals surface area contributed by atoms with Crippen LogP contribution in [0.5, 0.6) is 11.5 Å². The van der Waals surface area contributed by atoms with E-state index in [4.69, 9.17) is 9.47 Å². The number of imidazole rings is 1. The molecule has 2 aromatic rings. The first kappa shape index (κ1) is 11.4. The highest BCUT2D eigenvalue weighted by atomic mass is 16.6. The van der Waals surface area contributed by atoms with Gasteiger partial charge in [0.2, 0.25) is 0 Å². The topological polar surface area (TPSA) is 47.1 Å². The van der Waals surface area contributed by atoms with Gasteiger partial charge in [-0.1, -0.05) is 20.8 Å². The summed E-state index contributed by atoms with van der Waals surface area (Å²) in [6.07, 6.45) is 0.925. The second-order valence-electron chi connectivity index (χ2n) is 5.93. The van der Waals surface area contributed by atoms with Crippen LogP contribution in [-0.4, -0.2) is 23.2 Å². The van der Waals surface area contributed by atoms with Gasteiger partial charge in [-0.3, -0.25) is 0 Å². The largest absolute Gasteiger partial charge is 0.486 e. The van der Waals surface area contributed by atoms with E-state index in [9.17, 15) is 0 Å². The van der Waals surface area contributed by atoms with E-state index in [0.29, 0.717) is 13.2 Å². The van der Waals surface area contributed by atoms with Gasteiger partial charge in [0, 0.05) is 18.6 Å². The Morgan fingerprint density at radius 2 is 1.83 bits per heavy atom. The number of hydrogen-bond donors (Lipinski definition) is 1.